The molecule has 0 aliphatic heterocycles. The van der Waals surface area contributed by atoms with E-state index in [0.29, 0.717) is 12.6 Å². The highest BCUT2D eigenvalue weighted by atomic mass is 16.5. The Morgan fingerprint density at radius 2 is 2.06 bits per heavy atom. The van der Waals surface area contributed by atoms with E-state index in [-0.39, 0.29) is 11.9 Å². The molecule has 1 rings (SSSR count). The number of hydrogen-bond acceptors (Lipinski definition) is 3. The van der Waals surface area contributed by atoms with Crippen molar-refractivity contribution in [3.63, 3.8) is 0 Å². The van der Waals surface area contributed by atoms with Gasteiger partial charge in [0.15, 0.2) is 0 Å². The first-order valence-electron chi connectivity index (χ1n) is 7.68. The van der Waals surface area contributed by atoms with Crippen molar-refractivity contribution >= 4 is 5.97 Å². The molecule has 0 bridgehead atoms. The van der Waals surface area contributed by atoms with Gasteiger partial charge in [-0.05, 0) is 39.2 Å². The van der Waals surface area contributed by atoms with E-state index >= 15 is 0 Å². The number of carbonyl (C=O) groups excluding carboxylic acids is 1. The van der Waals surface area contributed by atoms with Gasteiger partial charge in [-0.2, -0.15) is 0 Å². The molecule has 0 amide bonds. The second-order valence-corrected chi connectivity index (χ2v) is 5.33. The van der Waals surface area contributed by atoms with Crippen molar-refractivity contribution in [1.82, 2.24) is 5.32 Å². The van der Waals surface area contributed by atoms with E-state index in [4.69, 9.17) is 4.74 Å². The summed E-state index contributed by atoms with van der Waals surface area (Å²) in [6, 6.07) is 0.523. The Hall–Kier alpha value is -0.570. The standard InChI is InChI=1S/C15H29NO2/c1-3-5-6-7-11-16-14-10-8-9-13(12-14)15(17)18-4-2/h13-14,16H,3-12H2,1-2H3. The molecule has 3 nitrogen and oxygen atoms in total. The maximum Gasteiger partial charge on any atom is 0.308 e. The Balaban J connectivity index is 2.16. The summed E-state index contributed by atoms with van der Waals surface area (Å²) in [6.45, 7) is 5.72. The highest BCUT2D eigenvalue weighted by Gasteiger charge is 2.27. The largest absolute Gasteiger partial charge is 0.466 e. The van der Waals surface area contributed by atoms with E-state index in [1.165, 1.54) is 32.1 Å². The van der Waals surface area contributed by atoms with Crippen molar-refractivity contribution in [3.05, 3.63) is 0 Å². The van der Waals surface area contributed by atoms with Gasteiger partial charge >= 0.3 is 5.97 Å². The van der Waals surface area contributed by atoms with E-state index in [9.17, 15) is 4.79 Å². The zero-order valence-electron chi connectivity index (χ0n) is 12.0. The van der Waals surface area contributed by atoms with Crippen LogP contribution < -0.4 is 5.32 Å². The first kappa shape index (κ1) is 15.5. The topological polar surface area (TPSA) is 38.3 Å². The molecule has 2 atom stereocenters. The summed E-state index contributed by atoms with van der Waals surface area (Å²) < 4.78 is 5.12. The average molecular weight is 255 g/mol. The molecular formula is C15H29NO2. The molecule has 2 unspecified atom stereocenters. The molecule has 1 aliphatic rings. The number of esters is 1. The predicted octanol–water partition coefficient (Wildman–Crippen LogP) is 3.28. The van der Waals surface area contributed by atoms with Crippen LogP contribution in [-0.2, 0) is 9.53 Å². The lowest BCUT2D eigenvalue weighted by molar-refractivity contribution is -0.149. The molecular weight excluding hydrogens is 226 g/mol. The summed E-state index contributed by atoms with van der Waals surface area (Å²) in [4.78, 5) is 11.7. The number of nitrogens with one attached hydrogen (secondary N) is 1. The van der Waals surface area contributed by atoms with Crippen LogP contribution in [0.2, 0.25) is 0 Å². The Kier molecular flexibility index (Phi) is 8.06. The van der Waals surface area contributed by atoms with E-state index in [1.54, 1.807) is 0 Å². The smallest absolute Gasteiger partial charge is 0.308 e. The maximum absolute atomic E-state index is 11.7. The molecule has 1 fully saturated rings. The van der Waals surface area contributed by atoms with Gasteiger partial charge in [-0.3, -0.25) is 4.79 Å². The van der Waals surface area contributed by atoms with E-state index in [0.717, 1.165) is 25.8 Å². The number of unbranched alkanes of at least 4 members (excludes halogenated alkanes) is 3. The molecule has 0 spiro atoms. The van der Waals surface area contributed by atoms with Crippen LogP contribution in [0.4, 0.5) is 0 Å². The second kappa shape index (κ2) is 9.37. The Morgan fingerprint density at radius 3 is 2.78 bits per heavy atom. The minimum Gasteiger partial charge on any atom is -0.466 e. The fourth-order valence-corrected chi connectivity index (χ4v) is 2.71. The molecule has 0 radical (unpaired) electrons. The van der Waals surface area contributed by atoms with Crippen LogP contribution in [0.25, 0.3) is 0 Å². The lowest BCUT2D eigenvalue weighted by atomic mass is 9.85. The van der Waals surface area contributed by atoms with Gasteiger partial charge in [0.1, 0.15) is 0 Å². The van der Waals surface area contributed by atoms with Crippen LogP contribution >= 0.6 is 0 Å². The summed E-state index contributed by atoms with van der Waals surface area (Å²) >= 11 is 0. The Bertz CT molecular complexity index is 231. The van der Waals surface area contributed by atoms with Crippen LogP contribution in [0.3, 0.4) is 0 Å². The predicted molar refractivity (Wildman–Crippen MR) is 74.5 cm³/mol. The summed E-state index contributed by atoms with van der Waals surface area (Å²) in [5.74, 6) is 0.141. The van der Waals surface area contributed by atoms with E-state index < -0.39 is 0 Å². The fourth-order valence-electron chi connectivity index (χ4n) is 2.71. The van der Waals surface area contributed by atoms with Crippen molar-refractivity contribution < 1.29 is 9.53 Å². The molecule has 0 aromatic heterocycles. The Labute approximate surface area is 112 Å². The number of ether oxygens (including phenoxy) is 1. The summed E-state index contributed by atoms with van der Waals surface area (Å²) in [5.41, 5.74) is 0. The van der Waals surface area contributed by atoms with Crippen LogP contribution in [-0.4, -0.2) is 25.2 Å². The molecule has 0 saturated heterocycles. The first-order valence-corrected chi connectivity index (χ1v) is 7.68. The second-order valence-electron chi connectivity index (χ2n) is 5.33. The van der Waals surface area contributed by atoms with Gasteiger partial charge in [0.05, 0.1) is 12.5 Å². The number of carbonyl (C=O) groups is 1. The van der Waals surface area contributed by atoms with Crippen LogP contribution in [0.1, 0.15) is 65.2 Å². The molecule has 18 heavy (non-hydrogen) atoms. The summed E-state index contributed by atoms with van der Waals surface area (Å²) in [5, 5.41) is 3.60. The molecule has 0 aromatic rings. The zero-order chi connectivity index (χ0) is 13.2. The Morgan fingerprint density at radius 1 is 1.22 bits per heavy atom. The summed E-state index contributed by atoms with van der Waals surface area (Å²) in [7, 11) is 0. The first-order chi connectivity index (χ1) is 8.77. The quantitative estimate of drug-likeness (QED) is 0.534. The third-order valence-corrected chi connectivity index (χ3v) is 3.76. The normalized spacial score (nSPS) is 23.9. The molecule has 1 N–H and O–H groups in total. The van der Waals surface area contributed by atoms with Gasteiger partial charge in [-0.25, -0.2) is 0 Å². The van der Waals surface area contributed by atoms with Gasteiger partial charge in [0.2, 0.25) is 0 Å². The highest BCUT2D eigenvalue weighted by molar-refractivity contribution is 5.72. The molecule has 3 heteroatoms. The molecule has 106 valence electrons. The monoisotopic (exact) mass is 255 g/mol. The highest BCUT2D eigenvalue weighted by Crippen LogP contribution is 2.25. The molecule has 1 aliphatic carbocycles. The minimum atomic E-state index is 0.00924. The summed E-state index contributed by atoms with van der Waals surface area (Å²) in [6.07, 6.45) is 9.53. The van der Waals surface area contributed by atoms with Crippen molar-refractivity contribution in [3.8, 4) is 0 Å². The maximum atomic E-state index is 11.7. The SMILES string of the molecule is CCCCCCNC1CCCC(C(=O)OCC)C1. The van der Waals surface area contributed by atoms with Gasteiger partial charge in [0.25, 0.3) is 0 Å². The van der Waals surface area contributed by atoms with Crippen molar-refractivity contribution in [2.45, 2.75) is 71.3 Å². The minimum absolute atomic E-state index is 0.00924. The molecule has 1 saturated carbocycles. The molecule has 0 heterocycles. The van der Waals surface area contributed by atoms with Crippen LogP contribution in [0, 0.1) is 5.92 Å². The lowest BCUT2D eigenvalue weighted by Gasteiger charge is -2.28. The van der Waals surface area contributed by atoms with Crippen LogP contribution in [0.15, 0.2) is 0 Å². The van der Waals surface area contributed by atoms with Gasteiger partial charge in [0, 0.05) is 6.04 Å². The van der Waals surface area contributed by atoms with Crippen molar-refractivity contribution in [2.24, 2.45) is 5.92 Å². The lowest BCUT2D eigenvalue weighted by Crippen LogP contribution is -2.37. The van der Waals surface area contributed by atoms with E-state index in [1.807, 2.05) is 6.92 Å². The van der Waals surface area contributed by atoms with Crippen molar-refractivity contribution in [2.75, 3.05) is 13.2 Å². The third-order valence-electron chi connectivity index (χ3n) is 3.76. The average Bonchev–Trinajstić information content (AvgIpc) is 2.39. The number of hydrogen-bond donors (Lipinski definition) is 1. The van der Waals surface area contributed by atoms with Crippen molar-refractivity contribution in [1.29, 1.82) is 0 Å². The molecule has 0 aromatic carbocycles. The number of rotatable bonds is 8. The fraction of sp³-hybridized carbons (Fsp3) is 0.933. The zero-order valence-corrected chi connectivity index (χ0v) is 12.0. The van der Waals surface area contributed by atoms with Gasteiger partial charge in [-0.1, -0.05) is 32.6 Å². The van der Waals surface area contributed by atoms with Gasteiger partial charge < -0.3 is 10.1 Å². The third kappa shape index (κ3) is 5.85. The van der Waals surface area contributed by atoms with E-state index in [2.05, 4.69) is 12.2 Å². The van der Waals surface area contributed by atoms with Crippen LogP contribution in [0.5, 0.6) is 0 Å². The van der Waals surface area contributed by atoms with Gasteiger partial charge in [-0.15, -0.1) is 0 Å².